The lowest BCUT2D eigenvalue weighted by Gasteiger charge is -2.25. The van der Waals surface area contributed by atoms with E-state index in [1.807, 2.05) is 19.3 Å². The minimum absolute atomic E-state index is 0.802. The Kier molecular flexibility index (Phi) is 3.01. The zero-order valence-corrected chi connectivity index (χ0v) is 10.7. The molecule has 1 N–H and O–H groups in total. The van der Waals surface area contributed by atoms with Crippen molar-refractivity contribution in [2.24, 2.45) is 0 Å². The summed E-state index contributed by atoms with van der Waals surface area (Å²) in [7, 11) is 1.93. The first-order valence-corrected chi connectivity index (χ1v) is 6.61. The first-order valence-electron chi connectivity index (χ1n) is 6.61. The van der Waals surface area contributed by atoms with Crippen LogP contribution in [0.3, 0.4) is 0 Å². The van der Waals surface area contributed by atoms with Crippen molar-refractivity contribution in [1.82, 2.24) is 4.98 Å². The number of benzene rings is 1. The van der Waals surface area contributed by atoms with Crippen LogP contribution in [-0.4, -0.2) is 12.0 Å². The number of nitrogens with zero attached hydrogens (tertiary/aromatic N) is 1. The molecule has 1 aromatic heterocycles. The molecule has 0 unspecified atom stereocenters. The van der Waals surface area contributed by atoms with E-state index in [0.717, 1.165) is 17.3 Å². The molecule has 0 bridgehead atoms. The summed E-state index contributed by atoms with van der Waals surface area (Å²) in [4.78, 5) is 4.43. The molecule has 1 fully saturated rings. The second-order valence-corrected chi connectivity index (χ2v) is 4.93. The molecule has 1 aromatic carbocycles. The maximum absolute atomic E-state index is 4.43. The molecule has 2 heteroatoms. The van der Waals surface area contributed by atoms with E-state index < -0.39 is 0 Å². The second kappa shape index (κ2) is 4.81. The predicted octanol–water partition coefficient (Wildman–Crippen LogP) is 4.06. The van der Waals surface area contributed by atoms with Crippen molar-refractivity contribution in [1.29, 1.82) is 0 Å². The molecule has 1 aliphatic rings. The molecule has 0 saturated heterocycles. The number of hydrogen-bond donors (Lipinski definition) is 1. The number of hydrogen-bond acceptors (Lipinski definition) is 2. The molecule has 1 heterocycles. The van der Waals surface area contributed by atoms with E-state index in [1.165, 1.54) is 30.4 Å². The van der Waals surface area contributed by atoms with Crippen molar-refractivity contribution >= 4 is 5.69 Å². The fourth-order valence-corrected chi connectivity index (χ4v) is 2.41. The van der Waals surface area contributed by atoms with Crippen molar-refractivity contribution in [2.45, 2.75) is 25.2 Å². The van der Waals surface area contributed by atoms with Crippen LogP contribution in [0.1, 0.15) is 30.7 Å². The first-order chi connectivity index (χ1) is 8.86. The van der Waals surface area contributed by atoms with Gasteiger partial charge >= 0.3 is 0 Å². The van der Waals surface area contributed by atoms with Crippen LogP contribution in [0.2, 0.25) is 0 Å². The van der Waals surface area contributed by atoms with Gasteiger partial charge in [-0.25, -0.2) is 0 Å². The van der Waals surface area contributed by atoms with Crippen LogP contribution in [0.4, 0.5) is 5.69 Å². The van der Waals surface area contributed by atoms with Gasteiger partial charge in [-0.15, -0.1) is 0 Å². The van der Waals surface area contributed by atoms with Crippen molar-refractivity contribution in [3.63, 3.8) is 0 Å². The Bertz CT molecular complexity index is 527. The fourth-order valence-electron chi connectivity index (χ4n) is 2.41. The summed E-state index contributed by atoms with van der Waals surface area (Å²) in [6.45, 7) is 0. The highest BCUT2D eigenvalue weighted by Gasteiger charge is 2.18. The molecule has 1 aliphatic carbocycles. The number of nitrogens with one attached hydrogen (secondary N) is 1. The molecule has 2 aromatic rings. The van der Waals surface area contributed by atoms with Gasteiger partial charge in [-0.05, 0) is 36.5 Å². The van der Waals surface area contributed by atoms with Gasteiger partial charge in [0.05, 0.1) is 5.69 Å². The summed E-state index contributed by atoms with van der Waals surface area (Å²) in [5, 5.41) is 3.14. The van der Waals surface area contributed by atoms with Crippen LogP contribution in [0.5, 0.6) is 0 Å². The van der Waals surface area contributed by atoms with E-state index in [2.05, 4.69) is 40.6 Å². The zero-order chi connectivity index (χ0) is 12.4. The molecule has 0 spiro atoms. The van der Waals surface area contributed by atoms with Crippen LogP contribution in [-0.2, 0) is 0 Å². The quantitative estimate of drug-likeness (QED) is 0.872. The summed E-state index contributed by atoms with van der Waals surface area (Å²) in [6.07, 6.45) is 5.94. The van der Waals surface area contributed by atoms with Crippen LogP contribution in [0.25, 0.3) is 11.3 Å². The van der Waals surface area contributed by atoms with E-state index in [1.54, 1.807) is 0 Å². The van der Waals surface area contributed by atoms with Crippen molar-refractivity contribution in [3.05, 3.63) is 48.2 Å². The van der Waals surface area contributed by atoms with Crippen molar-refractivity contribution < 1.29 is 0 Å². The van der Waals surface area contributed by atoms with Gasteiger partial charge in [0.1, 0.15) is 0 Å². The average Bonchev–Trinajstić information content (AvgIpc) is 2.38. The summed E-state index contributed by atoms with van der Waals surface area (Å²) < 4.78 is 0. The van der Waals surface area contributed by atoms with E-state index >= 15 is 0 Å². The van der Waals surface area contributed by atoms with E-state index in [9.17, 15) is 0 Å². The zero-order valence-electron chi connectivity index (χ0n) is 10.7. The molecular formula is C16H18N2. The van der Waals surface area contributed by atoms with Crippen LogP contribution >= 0.6 is 0 Å². The summed E-state index contributed by atoms with van der Waals surface area (Å²) in [5.41, 5.74) is 4.80. The third-order valence-electron chi connectivity index (χ3n) is 3.83. The molecular weight excluding hydrogens is 220 g/mol. The van der Waals surface area contributed by atoms with Gasteiger partial charge in [-0.3, -0.25) is 4.98 Å². The molecule has 92 valence electrons. The van der Waals surface area contributed by atoms with Gasteiger partial charge in [-0.2, -0.15) is 0 Å². The Morgan fingerprint density at radius 1 is 1.11 bits per heavy atom. The summed E-state index contributed by atoms with van der Waals surface area (Å²) in [6, 6.07) is 13.0. The number of anilines is 1. The monoisotopic (exact) mass is 238 g/mol. The molecule has 0 aliphatic heterocycles. The SMILES string of the molecule is CNc1ccnc(-c2ccc(C3CCC3)cc2)c1. The molecule has 0 amide bonds. The van der Waals surface area contributed by atoms with Crippen LogP contribution in [0, 0.1) is 0 Å². The third-order valence-corrected chi connectivity index (χ3v) is 3.83. The molecule has 0 atom stereocenters. The van der Waals surface area contributed by atoms with E-state index in [-0.39, 0.29) is 0 Å². The summed E-state index contributed by atoms with van der Waals surface area (Å²) >= 11 is 0. The lowest BCUT2D eigenvalue weighted by Crippen LogP contribution is -2.08. The van der Waals surface area contributed by atoms with Crippen LogP contribution < -0.4 is 5.32 Å². The second-order valence-electron chi connectivity index (χ2n) is 4.93. The lowest BCUT2D eigenvalue weighted by molar-refractivity contribution is 0.420. The maximum atomic E-state index is 4.43. The molecule has 3 rings (SSSR count). The maximum Gasteiger partial charge on any atom is 0.0722 e. The highest BCUT2D eigenvalue weighted by atomic mass is 14.8. The predicted molar refractivity (Wildman–Crippen MR) is 75.8 cm³/mol. The number of rotatable bonds is 3. The molecule has 1 saturated carbocycles. The Hall–Kier alpha value is -1.83. The minimum atomic E-state index is 0.802. The van der Waals surface area contributed by atoms with Gasteiger partial charge in [0, 0.05) is 24.5 Å². The highest BCUT2D eigenvalue weighted by molar-refractivity contribution is 5.64. The third kappa shape index (κ3) is 2.10. The summed E-state index contributed by atoms with van der Waals surface area (Å²) in [5.74, 6) is 0.802. The number of aromatic nitrogens is 1. The van der Waals surface area contributed by atoms with Gasteiger partial charge < -0.3 is 5.32 Å². The average molecular weight is 238 g/mol. The van der Waals surface area contributed by atoms with Gasteiger partial charge in [0.25, 0.3) is 0 Å². The smallest absolute Gasteiger partial charge is 0.0722 e. The fraction of sp³-hybridized carbons (Fsp3) is 0.312. The Morgan fingerprint density at radius 3 is 2.50 bits per heavy atom. The van der Waals surface area contributed by atoms with Gasteiger partial charge in [0.2, 0.25) is 0 Å². The molecule has 2 nitrogen and oxygen atoms in total. The van der Waals surface area contributed by atoms with E-state index in [0.29, 0.717) is 0 Å². The van der Waals surface area contributed by atoms with E-state index in [4.69, 9.17) is 0 Å². The Balaban J connectivity index is 1.86. The van der Waals surface area contributed by atoms with Crippen LogP contribution in [0.15, 0.2) is 42.6 Å². The lowest BCUT2D eigenvalue weighted by atomic mass is 9.80. The Morgan fingerprint density at radius 2 is 1.89 bits per heavy atom. The molecule has 0 radical (unpaired) electrons. The standard InChI is InChI=1S/C16H18N2/c1-17-15-9-10-18-16(11-15)14-7-5-13(6-8-14)12-3-2-4-12/h5-12H,2-4H2,1H3,(H,17,18). The van der Waals surface area contributed by atoms with Gasteiger partial charge in [-0.1, -0.05) is 30.7 Å². The van der Waals surface area contributed by atoms with Gasteiger partial charge in [0.15, 0.2) is 0 Å². The van der Waals surface area contributed by atoms with Crippen molar-refractivity contribution in [3.8, 4) is 11.3 Å². The highest BCUT2D eigenvalue weighted by Crippen LogP contribution is 2.36. The number of pyridine rings is 1. The normalized spacial score (nSPS) is 15.2. The minimum Gasteiger partial charge on any atom is -0.388 e. The molecule has 18 heavy (non-hydrogen) atoms. The topological polar surface area (TPSA) is 24.9 Å². The van der Waals surface area contributed by atoms with Crippen molar-refractivity contribution in [2.75, 3.05) is 12.4 Å². The first kappa shape index (κ1) is 11.3. The largest absolute Gasteiger partial charge is 0.388 e. The Labute approximate surface area is 108 Å².